The third-order valence-electron chi connectivity index (χ3n) is 2.30. The first kappa shape index (κ1) is 15.1. The van der Waals surface area contributed by atoms with E-state index in [1.807, 2.05) is 25.8 Å². The van der Waals surface area contributed by atoms with Crippen molar-refractivity contribution in [2.45, 2.75) is 33.1 Å². The Morgan fingerprint density at radius 1 is 1.50 bits per heavy atom. The topological polar surface area (TPSA) is 49.4 Å². The molecular weight excluding hydrogens is 204 g/mol. The highest BCUT2D eigenvalue weighted by Gasteiger charge is 2.18. The number of rotatable bonds is 5. The molecule has 0 unspecified atom stereocenters. The van der Waals surface area contributed by atoms with Crippen LogP contribution >= 0.6 is 0 Å². The largest absolute Gasteiger partial charge is 0.343 e. The maximum atomic E-state index is 11.1. The fourth-order valence-electron chi connectivity index (χ4n) is 1.39. The quantitative estimate of drug-likeness (QED) is 0.565. The summed E-state index contributed by atoms with van der Waals surface area (Å²) < 4.78 is 0. The van der Waals surface area contributed by atoms with E-state index in [-0.39, 0.29) is 5.92 Å². The maximum Gasteiger partial charge on any atom is 0.222 e. The van der Waals surface area contributed by atoms with Crippen molar-refractivity contribution in [2.75, 3.05) is 26.7 Å². The van der Waals surface area contributed by atoms with Gasteiger partial charge in [-0.25, -0.2) is 0 Å². The van der Waals surface area contributed by atoms with Crippen LogP contribution in [-0.2, 0) is 9.59 Å². The molecule has 0 atom stereocenters. The Hall–Kier alpha value is -0.900. The van der Waals surface area contributed by atoms with Crippen molar-refractivity contribution in [3.63, 3.8) is 0 Å². The summed E-state index contributed by atoms with van der Waals surface area (Å²) in [5.41, 5.74) is 0. The predicted octanol–water partition coefficient (Wildman–Crippen LogP) is 1.06. The lowest BCUT2D eigenvalue weighted by Crippen LogP contribution is -2.27. The van der Waals surface area contributed by atoms with Gasteiger partial charge >= 0.3 is 0 Å². The number of hydrogen-bond donors (Lipinski definition) is 1. The van der Waals surface area contributed by atoms with Gasteiger partial charge in [0.25, 0.3) is 0 Å². The second-order valence-electron chi connectivity index (χ2n) is 4.32. The molecule has 0 radical (unpaired) electrons. The zero-order valence-electron chi connectivity index (χ0n) is 10.7. The molecule has 1 aliphatic heterocycles. The van der Waals surface area contributed by atoms with Gasteiger partial charge in [-0.1, -0.05) is 13.8 Å². The first-order valence-corrected chi connectivity index (χ1v) is 5.99. The number of nitrogens with one attached hydrogen (secondary N) is 1. The van der Waals surface area contributed by atoms with Gasteiger partial charge in [0.15, 0.2) is 0 Å². The lowest BCUT2D eigenvalue weighted by atomic mass is 10.3. The molecular formula is C12H24N2O2. The fourth-order valence-corrected chi connectivity index (χ4v) is 1.39. The monoisotopic (exact) mass is 228 g/mol. The zero-order chi connectivity index (χ0) is 12.4. The minimum atomic E-state index is 0.204. The molecule has 4 nitrogen and oxygen atoms in total. The van der Waals surface area contributed by atoms with Crippen LogP contribution in [0.1, 0.15) is 33.1 Å². The molecule has 94 valence electrons. The van der Waals surface area contributed by atoms with E-state index in [0.717, 1.165) is 45.2 Å². The lowest BCUT2D eigenvalue weighted by Gasteiger charge is -2.14. The Bertz CT molecular complexity index is 205. The molecule has 0 spiro atoms. The van der Waals surface area contributed by atoms with Crippen molar-refractivity contribution >= 4 is 12.2 Å². The molecule has 0 bridgehead atoms. The van der Waals surface area contributed by atoms with Gasteiger partial charge in [-0.05, 0) is 26.4 Å². The molecule has 1 amide bonds. The normalized spacial score (nSPS) is 15.0. The SMILES string of the molecule is CC(C)C=O.CNCCCN1CCCC1=O. The van der Waals surface area contributed by atoms with Crippen molar-refractivity contribution in [2.24, 2.45) is 5.92 Å². The highest BCUT2D eigenvalue weighted by Crippen LogP contribution is 2.08. The lowest BCUT2D eigenvalue weighted by molar-refractivity contribution is -0.127. The van der Waals surface area contributed by atoms with E-state index in [4.69, 9.17) is 0 Å². The Morgan fingerprint density at radius 2 is 2.12 bits per heavy atom. The summed E-state index contributed by atoms with van der Waals surface area (Å²) in [6.45, 7) is 6.62. The minimum absolute atomic E-state index is 0.204. The molecule has 1 N–H and O–H groups in total. The molecule has 16 heavy (non-hydrogen) atoms. The maximum absolute atomic E-state index is 11.1. The van der Waals surface area contributed by atoms with Crippen LogP contribution in [0.3, 0.4) is 0 Å². The number of likely N-dealkylation sites (tertiary alicyclic amines) is 1. The summed E-state index contributed by atoms with van der Waals surface area (Å²) in [5.74, 6) is 0.538. The van der Waals surface area contributed by atoms with Crippen LogP contribution in [0.5, 0.6) is 0 Å². The summed E-state index contributed by atoms with van der Waals surface area (Å²) in [6.07, 6.45) is 3.81. The molecule has 1 saturated heterocycles. The number of aldehydes is 1. The van der Waals surface area contributed by atoms with Crippen LogP contribution in [0.15, 0.2) is 0 Å². The van der Waals surface area contributed by atoms with Crippen LogP contribution in [-0.4, -0.2) is 43.8 Å². The Balaban J connectivity index is 0.000000385. The Kier molecular flexibility index (Phi) is 8.81. The first-order valence-electron chi connectivity index (χ1n) is 5.99. The van der Waals surface area contributed by atoms with E-state index in [0.29, 0.717) is 5.91 Å². The number of amides is 1. The van der Waals surface area contributed by atoms with Crippen LogP contribution in [0.4, 0.5) is 0 Å². The number of hydrogen-bond acceptors (Lipinski definition) is 3. The van der Waals surface area contributed by atoms with Crippen LogP contribution in [0, 0.1) is 5.92 Å². The van der Waals surface area contributed by atoms with Gasteiger partial charge < -0.3 is 15.0 Å². The summed E-state index contributed by atoms with van der Waals surface area (Å²) in [6, 6.07) is 0. The molecule has 1 heterocycles. The summed E-state index contributed by atoms with van der Waals surface area (Å²) in [7, 11) is 1.94. The zero-order valence-corrected chi connectivity index (χ0v) is 10.7. The van der Waals surface area contributed by atoms with Gasteiger partial charge in [-0.2, -0.15) is 0 Å². The summed E-state index contributed by atoms with van der Waals surface area (Å²) in [4.78, 5) is 22.5. The second-order valence-corrected chi connectivity index (χ2v) is 4.32. The van der Waals surface area contributed by atoms with Crippen LogP contribution in [0.2, 0.25) is 0 Å². The van der Waals surface area contributed by atoms with E-state index in [9.17, 15) is 9.59 Å². The molecule has 1 fully saturated rings. The van der Waals surface area contributed by atoms with E-state index < -0.39 is 0 Å². The van der Waals surface area contributed by atoms with Gasteiger partial charge in [-0.15, -0.1) is 0 Å². The third-order valence-corrected chi connectivity index (χ3v) is 2.30. The molecule has 1 aliphatic rings. The molecule has 0 saturated carbocycles. The van der Waals surface area contributed by atoms with Gasteiger partial charge in [0, 0.05) is 25.4 Å². The smallest absolute Gasteiger partial charge is 0.222 e. The minimum Gasteiger partial charge on any atom is -0.343 e. The average Bonchev–Trinajstić information content (AvgIpc) is 2.66. The van der Waals surface area contributed by atoms with Crippen molar-refractivity contribution < 1.29 is 9.59 Å². The summed E-state index contributed by atoms with van der Waals surface area (Å²) in [5, 5.41) is 3.07. The summed E-state index contributed by atoms with van der Waals surface area (Å²) >= 11 is 0. The van der Waals surface area contributed by atoms with Crippen LogP contribution < -0.4 is 5.32 Å². The Morgan fingerprint density at radius 3 is 2.50 bits per heavy atom. The van der Waals surface area contributed by atoms with Crippen molar-refractivity contribution in [3.05, 3.63) is 0 Å². The number of carbonyl (C=O) groups excluding carboxylic acids is 2. The molecule has 0 aliphatic carbocycles. The van der Waals surface area contributed by atoms with E-state index in [1.165, 1.54) is 0 Å². The third kappa shape index (κ3) is 7.40. The molecule has 0 aromatic carbocycles. The highest BCUT2D eigenvalue weighted by atomic mass is 16.2. The van der Waals surface area contributed by atoms with Gasteiger partial charge in [0.2, 0.25) is 5.91 Å². The number of nitrogens with zero attached hydrogens (tertiary/aromatic N) is 1. The standard InChI is InChI=1S/C8H16N2O.C4H8O/c1-9-5-3-7-10-6-2-4-8(10)11;1-4(2)3-5/h9H,2-7H2,1H3;3-4H,1-2H3. The first-order chi connectivity index (χ1) is 7.61. The molecule has 1 rings (SSSR count). The van der Waals surface area contributed by atoms with E-state index >= 15 is 0 Å². The van der Waals surface area contributed by atoms with Crippen LogP contribution in [0.25, 0.3) is 0 Å². The fraction of sp³-hybridized carbons (Fsp3) is 0.833. The predicted molar refractivity (Wildman–Crippen MR) is 65.3 cm³/mol. The van der Waals surface area contributed by atoms with Crippen molar-refractivity contribution in [3.8, 4) is 0 Å². The molecule has 4 heteroatoms. The van der Waals surface area contributed by atoms with E-state index in [2.05, 4.69) is 5.32 Å². The highest BCUT2D eigenvalue weighted by molar-refractivity contribution is 5.77. The molecule has 0 aromatic heterocycles. The van der Waals surface area contributed by atoms with Gasteiger partial charge in [0.1, 0.15) is 6.29 Å². The van der Waals surface area contributed by atoms with Gasteiger partial charge in [0.05, 0.1) is 0 Å². The number of carbonyl (C=O) groups is 2. The van der Waals surface area contributed by atoms with Crippen molar-refractivity contribution in [1.82, 2.24) is 10.2 Å². The van der Waals surface area contributed by atoms with Crippen molar-refractivity contribution in [1.29, 1.82) is 0 Å². The van der Waals surface area contributed by atoms with E-state index in [1.54, 1.807) is 0 Å². The Labute approximate surface area is 98.4 Å². The average molecular weight is 228 g/mol. The van der Waals surface area contributed by atoms with Gasteiger partial charge in [-0.3, -0.25) is 4.79 Å². The second kappa shape index (κ2) is 9.33. The molecule has 0 aromatic rings.